The van der Waals surface area contributed by atoms with Gasteiger partial charge in [0.15, 0.2) is 0 Å². The summed E-state index contributed by atoms with van der Waals surface area (Å²) < 4.78 is 0. The Balaban J connectivity index is 2.46. The molecule has 1 aromatic rings. The van der Waals surface area contributed by atoms with Crippen molar-refractivity contribution in [1.82, 2.24) is 4.90 Å². The first-order valence-electron chi connectivity index (χ1n) is 5.31. The van der Waals surface area contributed by atoms with Gasteiger partial charge >= 0.3 is 0 Å². The van der Waals surface area contributed by atoms with Gasteiger partial charge in [-0.05, 0) is 25.5 Å². The maximum atomic E-state index is 9.00. The van der Waals surface area contributed by atoms with Gasteiger partial charge in [-0.15, -0.1) is 0 Å². The third-order valence-corrected chi connectivity index (χ3v) is 3.28. The van der Waals surface area contributed by atoms with E-state index in [9.17, 15) is 0 Å². The van der Waals surface area contributed by atoms with Crippen LogP contribution in [0.5, 0.6) is 0 Å². The highest BCUT2D eigenvalue weighted by atomic mass is 16.4. The van der Waals surface area contributed by atoms with Crippen LogP contribution in [0.4, 0.5) is 0 Å². The zero-order valence-corrected chi connectivity index (χ0v) is 9.81. The second-order valence-electron chi connectivity index (χ2n) is 4.50. The Bertz CT molecular complexity index is 446. The van der Waals surface area contributed by atoms with Crippen molar-refractivity contribution in [1.29, 1.82) is 0 Å². The third kappa shape index (κ3) is 1.48. The minimum absolute atomic E-state index is 0.264. The monoisotopic (exact) mass is 216 g/mol. The van der Waals surface area contributed by atoms with Gasteiger partial charge in [0.1, 0.15) is 5.71 Å². The van der Waals surface area contributed by atoms with Crippen LogP contribution in [0.1, 0.15) is 19.4 Å². The molecule has 1 aliphatic rings. The molecule has 1 heterocycles. The molecule has 2 rings (SSSR count). The van der Waals surface area contributed by atoms with Crippen molar-refractivity contribution in [3.8, 4) is 0 Å². The molecule has 1 aromatic carbocycles. The van der Waals surface area contributed by atoms with Crippen LogP contribution in [0.15, 0.2) is 41.6 Å². The lowest BCUT2D eigenvalue weighted by atomic mass is 10.0. The molecule has 0 spiro atoms. The lowest BCUT2D eigenvalue weighted by Gasteiger charge is -2.32. The van der Waals surface area contributed by atoms with Gasteiger partial charge in [0.05, 0.1) is 5.54 Å². The van der Waals surface area contributed by atoms with Crippen molar-refractivity contribution in [3.05, 3.63) is 42.0 Å². The van der Waals surface area contributed by atoms with Gasteiger partial charge in [0, 0.05) is 12.7 Å². The molecule has 0 radical (unpaired) electrons. The molecule has 3 heteroatoms. The zero-order chi connectivity index (χ0) is 11.8. The van der Waals surface area contributed by atoms with Crippen molar-refractivity contribution in [2.24, 2.45) is 5.16 Å². The van der Waals surface area contributed by atoms with Crippen LogP contribution in [0.25, 0.3) is 5.70 Å². The summed E-state index contributed by atoms with van der Waals surface area (Å²) in [6.07, 6.45) is 1.93. The fourth-order valence-corrected chi connectivity index (χ4v) is 1.91. The number of benzene rings is 1. The first-order valence-corrected chi connectivity index (χ1v) is 5.31. The van der Waals surface area contributed by atoms with Crippen LogP contribution in [0.3, 0.4) is 0 Å². The minimum atomic E-state index is -0.264. The van der Waals surface area contributed by atoms with Gasteiger partial charge < -0.3 is 10.1 Å². The standard InChI is InChI=1S/C13H16N2O/c1-13(2)12(14-16)9-11(15(13)3)10-7-5-4-6-8-10/h4-9,16H,1-3H3. The summed E-state index contributed by atoms with van der Waals surface area (Å²) in [7, 11) is 2.01. The molecular formula is C13H16N2O. The summed E-state index contributed by atoms with van der Waals surface area (Å²) in [5.41, 5.74) is 2.64. The summed E-state index contributed by atoms with van der Waals surface area (Å²) in [5.74, 6) is 0. The molecule has 0 atom stereocenters. The van der Waals surface area contributed by atoms with Gasteiger partial charge in [-0.1, -0.05) is 35.5 Å². The molecule has 0 unspecified atom stereocenters. The summed E-state index contributed by atoms with van der Waals surface area (Å²) in [5, 5.41) is 12.4. The smallest absolute Gasteiger partial charge is 0.107 e. The third-order valence-electron chi connectivity index (χ3n) is 3.28. The Morgan fingerprint density at radius 1 is 1.19 bits per heavy atom. The van der Waals surface area contributed by atoms with Gasteiger partial charge in [-0.25, -0.2) is 0 Å². The van der Waals surface area contributed by atoms with Gasteiger partial charge in [-0.3, -0.25) is 0 Å². The van der Waals surface area contributed by atoms with E-state index in [1.165, 1.54) is 0 Å². The van der Waals surface area contributed by atoms with E-state index in [4.69, 9.17) is 5.21 Å². The Kier molecular flexibility index (Phi) is 2.46. The number of hydrogen-bond acceptors (Lipinski definition) is 3. The Hall–Kier alpha value is -1.77. The quantitative estimate of drug-likeness (QED) is 0.578. The predicted octanol–water partition coefficient (Wildman–Crippen LogP) is 2.58. The lowest BCUT2D eigenvalue weighted by Crippen LogP contribution is -2.41. The van der Waals surface area contributed by atoms with Crippen molar-refractivity contribution in [2.45, 2.75) is 19.4 Å². The number of hydrogen-bond donors (Lipinski definition) is 1. The Morgan fingerprint density at radius 2 is 1.81 bits per heavy atom. The number of oxime groups is 1. The molecular weight excluding hydrogens is 200 g/mol. The molecule has 84 valence electrons. The molecule has 0 fully saturated rings. The van der Waals surface area contributed by atoms with Crippen molar-refractivity contribution >= 4 is 11.4 Å². The van der Waals surface area contributed by atoms with Crippen LogP contribution in [-0.2, 0) is 0 Å². The van der Waals surface area contributed by atoms with Crippen LogP contribution in [0.2, 0.25) is 0 Å². The number of nitrogens with zero attached hydrogens (tertiary/aromatic N) is 2. The van der Waals surface area contributed by atoms with Crippen molar-refractivity contribution in [2.75, 3.05) is 7.05 Å². The van der Waals surface area contributed by atoms with Crippen molar-refractivity contribution < 1.29 is 5.21 Å². The maximum Gasteiger partial charge on any atom is 0.107 e. The average Bonchev–Trinajstić information content (AvgIpc) is 2.52. The first kappa shape index (κ1) is 10.7. The first-order chi connectivity index (χ1) is 7.57. The molecule has 1 aliphatic heterocycles. The van der Waals surface area contributed by atoms with E-state index in [-0.39, 0.29) is 5.54 Å². The topological polar surface area (TPSA) is 35.8 Å². The normalized spacial score (nSPS) is 21.3. The molecule has 0 amide bonds. The van der Waals surface area contributed by atoms with Crippen molar-refractivity contribution in [3.63, 3.8) is 0 Å². The average molecular weight is 216 g/mol. The summed E-state index contributed by atoms with van der Waals surface area (Å²) in [6.45, 7) is 4.07. The molecule has 1 N–H and O–H groups in total. The summed E-state index contributed by atoms with van der Waals surface area (Å²) in [6, 6.07) is 10.1. The van der Waals surface area contributed by atoms with E-state index in [2.05, 4.69) is 22.2 Å². The van der Waals surface area contributed by atoms with Crippen LogP contribution < -0.4 is 0 Å². The summed E-state index contributed by atoms with van der Waals surface area (Å²) in [4.78, 5) is 2.12. The highest BCUT2D eigenvalue weighted by molar-refractivity contribution is 6.10. The number of rotatable bonds is 1. The molecule has 3 nitrogen and oxygen atoms in total. The Morgan fingerprint density at radius 3 is 2.31 bits per heavy atom. The molecule has 0 saturated carbocycles. The Labute approximate surface area is 95.7 Å². The van der Waals surface area contributed by atoms with E-state index < -0.39 is 0 Å². The van der Waals surface area contributed by atoms with Gasteiger partial charge in [0.2, 0.25) is 0 Å². The second-order valence-corrected chi connectivity index (χ2v) is 4.50. The molecule has 16 heavy (non-hydrogen) atoms. The van der Waals surface area contributed by atoms with Gasteiger partial charge in [0.25, 0.3) is 0 Å². The van der Waals surface area contributed by atoms with Crippen LogP contribution in [0, 0.1) is 0 Å². The van der Waals surface area contributed by atoms with E-state index in [0.29, 0.717) is 5.71 Å². The minimum Gasteiger partial charge on any atom is -0.411 e. The molecule has 0 saturated heterocycles. The lowest BCUT2D eigenvalue weighted by molar-refractivity contribution is 0.294. The van der Waals surface area contributed by atoms with Crippen LogP contribution in [-0.4, -0.2) is 28.4 Å². The maximum absolute atomic E-state index is 9.00. The fraction of sp³-hybridized carbons (Fsp3) is 0.308. The highest BCUT2D eigenvalue weighted by Crippen LogP contribution is 2.33. The van der Waals surface area contributed by atoms with Gasteiger partial charge in [-0.2, -0.15) is 0 Å². The summed E-state index contributed by atoms with van der Waals surface area (Å²) >= 11 is 0. The highest BCUT2D eigenvalue weighted by Gasteiger charge is 2.37. The predicted molar refractivity (Wildman–Crippen MR) is 65.5 cm³/mol. The van der Waals surface area contributed by atoms with Crippen LogP contribution >= 0.6 is 0 Å². The van der Waals surface area contributed by atoms with E-state index in [0.717, 1.165) is 11.3 Å². The fourth-order valence-electron chi connectivity index (χ4n) is 1.91. The van der Waals surface area contributed by atoms with E-state index >= 15 is 0 Å². The molecule has 0 aromatic heterocycles. The molecule has 0 bridgehead atoms. The van der Waals surface area contributed by atoms with E-state index in [1.807, 2.05) is 45.2 Å². The molecule has 0 aliphatic carbocycles. The largest absolute Gasteiger partial charge is 0.411 e. The second kappa shape index (κ2) is 3.67. The van der Waals surface area contributed by atoms with E-state index in [1.54, 1.807) is 0 Å². The SMILES string of the molecule is CN1C(c2ccccc2)=CC(=NO)C1(C)C. The zero-order valence-electron chi connectivity index (χ0n) is 9.81.